The average Bonchev–Trinajstić information content (AvgIpc) is 2.99. The van der Waals surface area contributed by atoms with E-state index in [9.17, 15) is 14.7 Å². The zero-order valence-corrected chi connectivity index (χ0v) is 24.7. The molecule has 4 aliphatic carbocycles. The molecule has 1 atom stereocenters. The van der Waals surface area contributed by atoms with Crippen LogP contribution in [0.4, 0.5) is 0 Å². The van der Waals surface area contributed by atoms with Gasteiger partial charge in [-0.05, 0) is 116 Å². The molecule has 0 aliphatic heterocycles. The van der Waals surface area contributed by atoms with Gasteiger partial charge in [0.1, 0.15) is 5.75 Å². The van der Waals surface area contributed by atoms with Gasteiger partial charge in [-0.15, -0.1) is 0 Å². The Balaban J connectivity index is 1.13. The van der Waals surface area contributed by atoms with Crippen molar-refractivity contribution in [2.45, 2.75) is 76.7 Å². The molecule has 0 unspecified atom stereocenters. The maximum atomic E-state index is 13.2. The highest BCUT2D eigenvalue weighted by Crippen LogP contribution is 2.60. The lowest BCUT2D eigenvalue weighted by Gasteiger charge is -2.57. The van der Waals surface area contributed by atoms with Crippen molar-refractivity contribution in [1.82, 2.24) is 5.32 Å². The average molecular weight is 566 g/mol. The summed E-state index contributed by atoms with van der Waals surface area (Å²) in [7, 11) is 0. The first-order valence-electron chi connectivity index (χ1n) is 15.8. The standard InChI is InChI=1S/C37H43NO4/c1-2-14-42-34-13-8-26(19-31(36(40)41)18-25-6-4-3-5-7-25)20-32(34)24-38-35(39)30-9-11-33(12-10-30)37-21-27-15-28(22-37)17-29(16-27)23-37/h3-13,20,27-29,31H,2,14-19,21-24H2,1H3,(H,38,39)(H,40,41)/t27?,28?,29?,31-,37?/m0/s1. The SMILES string of the molecule is CCCOc1ccc(C[C@H](Cc2ccccc2)C(=O)O)cc1CNC(=O)c1ccc(C23CC4CC(CC(C4)C2)C3)cc1. The molecule has 5 heteroatoms. The number of rotatable bonds is 12. The van der Waals surface area contributed by atoms with Crippen LogP contribution in [0.2, 0.25) is 0 Å². The number of carbonyl (C=O) groups is 2. The molecule has 0 heterocycles. The molecule has 1 amide bonds. The van der Waals surface area contributed by atoms with Crippen LogP contribution in [0.1, 0.15) is 84.5 Å². The molecular formula is C37H43NO4. The maximum Gasteiger partial charge on any atom is 0.307 e. The van der Waals surface area contributed by atoms with Crippen LogP contribution < -0.4 is 10.1 Å². The fourth-order valence-electron chi connectivity index (χ4n) is 8.40. The second kappa shape index (κ2) is 12.3. The summed E-state index contributed by atoms with van der Waals surface area (Å²) in [5.74, 6) is 1.95. The number of benzene rings is 3. The van der Waals surface area contributed by atoms with Gasteiger partial charge in [0, 0.05) is 17.7 Å². The Morgan fingerprint density at radius 1 is 0.881 bits per heavy atom. The lowest BCUT2D eigenvalue weighted by Crippen LogP contribution is -2.48. The third kappa shape index (κ3) is 6.25. The Bertz CT molecular complexity index is 1360. The van der Waals surface area contributed by atoms with E-state index >= 15 is 0 Å². The van der Waals surface area contributed by atoms with Crippen LogP contribution in [0.15, 0.2) is 72.8 Å². The predicted molar refractivity (Wildman–Crippen MR) is 165 cm³/mol. The summed E-state index contributed by atoms with van der Waals surface area (Å²) < 4.78 is 5.99. The number of ether oxygens (including phenoxy) is 1. The molecule has 4 bridgehead atoms. The van der Waals surface area contributed by atoms with Crippen LogP contribution in [0, 0.1) is 23.7 Å². The molecule has 220 valence electrons. The lowest BCUT2D eigenvalue weighted by atomic mass is 9.48. The highest BCUT2D eigenvalue weighted by atomic mass is 16.5. The van der Waals surface area contributed by atoms with Crippen molar-refractivity contribution >= 4 is 11.9 Å². The molecule has 7 rings (SSSR count). The highest BCUT2D eigenvalue weighted by Gasteiger charge is 2.51. The second-order valence-electron chi connectivity index (χ2n) is 13.2. The molecule has 2 N–H and O–H groups in total. The minimum atomic E-state index is -0.808. The topological polar surface area (TPSA) is 75.6 Å². The van der Waals surface area contributed by atoms with Crippen LogP contribution in [0.3, 0.4) is 0 Å². The number of carboxylic acids is 1. The van der Waals surface area contributed by atoms with E-state index in [2.05, 4.69) is 24.4 Å². The summed E-state index contributed by atoms with van der Waals surface area (Å²) in [4.78, 5) is 25.3. The number of carbonyl (C=O) groups excluding carboxylic acids is 1. The van der Waals surface area contributed by atoms with E-state index in [0.717, 1.165) is 46.6 Å². The van der Waals surface area contributed by atoms with Gasteiger partial charge in [0.25, 0.3) is 5.91 Å². The van der Waals surface area contributed by atoms with Crippen molar-refractivity contribution in [3.63, 3.8) is 0 Å². The van der Waals surface area contributed by atoms with Crippen LogP contribution in [-0.2, 0) is 29.6 Å². The Morgan fingerprint density at radius 3 is 2.14 bits per heavy atom. The predicted octanol–water partition coefficient (Wildman–Crippen LogP) is 7.36. The van der Waals surface area contributed by atoms with Gasteiger partial charge in [-0.1, -0.05) is 61.5 Å². The minimum Gasteiger partial charge on any atom is -0.493 e. The molecular weight excluding hydrogens is 522 g/mol. The van der Waals surface area contributed by atoms with Crippen molar-refractivity contribution in [2.75, 3.05) is 6.61 Å². The molecule has 0 aromatic heterocycles. The first kappa shape index (κ1) is 28.5. The Labute approximate surface area is 249 Å². The van der Waals surface area contributed by atoms with Gasteiger partial charge in [0.05, 0.1) is 12.5 Å². The summed E-state index contributed by atoms with van der Waals surface area (Å²) in [6.07, 6.45) is 9.97. The van der Waals surface area contributed by atoms with Crippen LogP contribution >= 0.6 is 0 Å². The van der Waals surface area contributed by atoms with Gasteiger partial charge in [-0.25, -0.2) is 0 Å². The zero-order chi connectivity index (χ0) is 29.1. The molecule has 3 aromatic rings. The summed E-state index contributed by atoms with van der Waals surface area (Å²) in [5.41, 5.74) is 5.21. The first-order chi connectivity index (χ1) is 20.4. The molecule has 42 heavy (non-hydrogen) atoms. The maximum absolute atomic E-state index is 13.2. The van der Waals surface area contributed by atoms with Crippen molar-refractivity contribution < 1.29 is 19.4 Å². The van der Waals surface area contributed by atoms with E-state index in [0.29, 0.717) is 37.0 Å². The van der Waals surface area contributed by atoms with E-state index in [4.69, 9.17) is 4.74 Å². The second-order valence-corrected chi connectivity index (χ2v) is 13.2. The summed E-state index contributed by atoms with van der Waals surface area (Å²) in [6, 6.07) is 24.0. The summed E-state index contributed by atoms with van der Waals surface area (Å²) >= 11 is 0. The third-order valence-corrected chi connectivity index (χ3v) is 9.98. The Hall–Kier alpha value is -3.60. The van der Waals surface area contributed by atoms with Gasteiger partial charge in [-0.3, -0.25) is 9.59 Å². The minimum absolute atomic E-state index is 0.105. The molecule has 0 spiro atoms. The van der Waals surface area contributed by atoms with E-state index in [1.165, 1.54) is 44.1 Å². The van der Waals surface area contributed by atoms with Gasteiger partial charge in [-0.2, -0.15) is 0 Å². The Kier molecular flexibility index (Phi) is 8.37. The van der Waals surface area contributed by atoms with E-state index in [1.54, 1.807) is 0 Å². The zero-order valence-electron chi connectivity index (χ0n) is 24.7. The fraction of sp³-hybridized carbons (Fsp3) is 0.459. The first-order valence-corrected chi connectivity index (χ1v) is 15.8. The number of carboxylic acid groups (broad SMARTS) is 1. The molecule has 0 saturated heterocycles. The van der Waals surface area contributed by atoms with Gasteiger partial charge < -0.3 is 15.2 Å². The summed E-state index contributed by atoms with van der Waals surface area (Å²) in [5, 5.41) is 13.0. The smallest absolute Gasteiger partial charge is 0.307 e. The highest BCUT2D eigenvalue weighted by molar-refractivity contribution is 5.94. The third-order valence-electron chi connectivity index (χ3n) is 9.98. The number of aliphatic carboxylic acids is 1. The molecule has 4 aliphatic rings. The molecule has 4 fully saturated rings. The molecule has 4 saturated carbocycles. The van der Waals surface area contributed by atoms with E-state index < -0.39 is 11.9 Å². The number of hydrogen-bond acceptors (Lipinski definition) is 3. The van der Waals surface area contributed by atoms with E-state index in [1.807, 2.05) is 60.7 Å². The fourth-order valence-corrected chi connectivity index (χ4v) is 8.40. The molecule has 0 radical (unpaired) electrons. The van der Waals surface area contributed by atoms with Gasteiger partial charge in [0.2, 0.25) is 0 Å². The van der Waals surface area contributed by atoms with Crippen molar-refractivity contribution in [2.24, 2.45) is 23.7 Å². The van der Waals surface area contributed by atoms with Crippen LogP contribution in [0.25, 0.3) is 0 Å². The number of amides is 1. The monoisotopic (exact) mass is 565 g/mol. The quantitative estimate of drug-likeness (QED) is 0.241. The van der Waals surface area contributed by atoms with Crippen LogP contribution in [0.5, 0.6) is 5.75 Å². The van der Waals surface area contributed by atoms with Gasteiger partial charge >= 0.3 is 5.97 Å². The number of hydrogen-bond donors (Lipinski definition) is 2. The number of nitrogens with one attached hydrogen (secondary N) is 1. The van der Waals surface area contributed by atoms with Crippen LogP contribution in [-0.4, -0.2) is 23.6 Å². The normalized spacial score (nSPS) is 24.7. The molecule has 5 nitrogen and oxygen atoms in total. The van der Waals surface area contributed by atoms with Crippen molar-refractivity contribution in [3.05, 3.63) is 101 Å². The largest absolute Gasteiger partial charge is 0.493 e. The van der Waals surface area contributed by atoms with Crippen molar-refractivity contribution in [3.8, 4) is 5.75 Å². The van der Waals surface area contributed by atoms with Crippen molar-refractivity contribution in [1.29, 1.82) is 0 Å². The lowest BCUT2D eigenvalue weighted by molar-refractivity contribution is -0.141. The van der Waals surface area contributed by atoms with E-state index in [-0.39, 0.29) is 5.91 Å². The van der Waals surface area contributed by atoms with Gasteiger partial charge in [0.15, 0.2) is 0 Å². The Morgan fingerprint density at radius 2 is 1.52 bits per heavy atom. The molecule has 3 aromatic carbocycles. The summed E-state index contributed by atoms with van der Waals surface area (Å²) in [6.45, 7) is 2.96.